The zero-order valence-corrected chi connectivity index (χ0v) is 65.1. The molecule has 1 amide bonds. The van der Waals surface area contributed by atoms with Gasteiger partial charge in [0.05, 0.1) is 13.2 Å². The van der Waals surface area contributed by atoms with Crippen LogP contribution < -0.4 is 33.4 Å². The second kappa shape index (κ2) is 50.7. The molecule has 24 heteroatoms. The number of nitrogens with one attached hydrogen (secondary N) is 1. The number of hydrogen-bond donors (Lipinski definition) is 2. The van der Waals surface area contributed by atoms with E-state index >= 15 is 0 Å². The fourth-order valence-corrected chi connectivity index (χ4v) is 9.32. The van der Waals surface area contributed by atoms with Crippen LogP contribution in [0.4, 0.5) is 43.7 Å². The van der Waals surface area contributed by atoms with Crippen molar-refractivity contribution in [3.05, 3.63) is 194 Å². The number of esters is 2. The zero-order chi connectivity index (χ0) is 65.7. The van der Waals surface area contributed by atoms with Crippen molar-refractivity contribution in [2.75, 3.05) is 47.5 Å². The van der Waals surface area contributed by atoms with Crippen LogP contribution in [0.5, 0.6) is 0 Å². The number of hydrogen-bond acceptors (Lipinski definition) is 15. The van der Waals surface area contributed by atoms with Crippen molar-refractivity contribution in [2.24, 2.45) is 0 Å². The standard InChI is InChI=1S/C25H28FN3O2.C23H25FN4O2.C20H27N3O2.I3.I2.HI/c1-2-31-25(30)14-5-3-4-10-18-29(23-13-8-9-16-27-23)24-19-20(15-17-28-24)21-11-6-7-12-22(21)26;24-20-10-5-4-9-19(20)18-13-15-26-22(17-18)28(21-11-6-7-14-25-21)16-8-2-1-3-12-23(29)27-30;1-3-25-20(24)11-6-4-5-9-15-23(18-10-7-8-13-21-18)19-16-17(2)12-14-22-19;1-3-2;1-2;/h6-9,11-13,15-17,19H,2-5,10,14,18H2,1H3;4-7,9-11,13-15,17,30H,1-3,8,12,16H2,(H,27,29);7-8,10,12-14,16H,3-6,9,11,15H2,1-2H3;;;1H/q;;;-1;;. The summed E-state index contributed by atoms with van der Waals surface area (Å²) in [5, 5.41) is 8.54. The van der Waals surface area contributed by atoms with Crippen LogP contribution in [0.3, 0.4) is 0 Å². The topological polar surface area (TPSA) is 189 Å². The van der Waals surface area contributed by atoms with Crippen LogP contribution >= 0.6 is 98.4 Å². The molecule has 0 radical (unpaired) electrons. The maximum Gasteiger partial charge on any atom is 0.243 e. The van der Waals surface area contributed by atoms with Crippen LogP contribution in [0.15, 0.2) is 177 Å². The Kier molecular flexibility index (Phi) is 45.0. The second-order valence-corrected chi connectivity index (χ2v) is 36.4. The molecular formula is C68H81F2I6N10O6-. The first-order valence-electron chi connectivity index (χ1n) is 30.2. The summed E-state index contributed by atoms with van der Waals surface area (Å²) in [4.78, 5) is 67.0. The number of aryl methyl sites for hydroxylation is 1. The van der Waals surface area contributed by atoms with Gasteiger partial charge >= 0.3 is 62.4 Å². The monoisotopic (exact) mass is 1930 g/mol. The minimum absolute atomic E-state index is 0. The number of rotatable bonds is 31. The first kappa shape index (κ1) is 81.6. The molecule has 92 heavy (non-hydrogen) atoms. The average Bonchev–Trinajstić information content (AvgIpc) is 1.08. The Labute approximate surface area is 611 Å². The fraction of sp³-hybridized carbons (Fsp3) is 0.338. The van der Waals surface area contributed by atoms with Gasteiger partial charge in [-0.2, -0.15) is 0 Å². The number of anilines is 6. The minimum atomic E-state index is -0.362. The summed E-state index contributed by atoms with van der Waals surface area (Å²) in [5.74, 6) is 3.71. The van der Waals surface area contributed by atoms with E-state index < -0.39 is 0 Å². The predicted molar refractivity (Wildman–Crippen MR) is 406 cm³/mol. The summed E-state index contributed by atoms with van der Waals surface area (Å²) >= 11 is 9.54. The average molecular weight is 1930 g/mol. The molecule has 0 saturated heterocycles. The Morgan fingerprint density at radius 3 is 1.12 bits per heavy atom. The molecule has 0 saturated carbocycles. The summed E-state index contributed by atoms with van der Waals surface area (Å²) < 4.78 is 38.4. The van der Waals surface area contributed by atoms with Crippen molar-refractivity contribution in [1.29, 1.82) is 0 Å². The SMILES string of the molecule is CCOC(=O)CCCCCCN(c1ccccn1)c1cc(-c2ccccc2F)ccn1.CCOC(=O)CCCCCCN(c1ccccn1)c1cc(C)ccn1.I.II.I[I-]I.O=C(CCCCCCN(c1ccccn1)c1cc(-c2ccccc2F)ccn1)NO. The quantitative estimate of drug-likeness (QED) is 0.0137. The van der Waals surface area contributed by atoms with Crippen molar-refractivity contribution in [3.8, 4) is 22.3 Å². The summed E-state index contributed by atoms with van der Waals surface area (Å²) in [5.41, 5.74) is 5.44. The molecule has 0 unspecified atom stereocenters. The molecule has 0 aliphatic rings. The number of amides is 1. The summed E-state index contributed by atoms with van der Waals surface area (Å²) in [6, 6.07) is 42.2. The van der Waals surface area contributed by atoms with Gasteiger partial charge in [0.25, 0.3) is 0 Å². The number of carbonyl (C=O) groups is 3. The Bertz CT molecular complexity index is 3290. The molecule has 0 bridgehead atoms. The van der Waals surface area contributed by atoms with E-state index in [0.717, 1.165) is 130 Å². The smallest absolute Gasteiger partial charge is 0.243 e. The number of pyridine rings is 6. The van der Waals surface area contributed by atoms with Gasteiger partial charge in [-0.25, -0.2) is 44.2 Å². The van der Waals surface area contributed by atoms with Crippen LogP contribution in [-0.4, -0.2) is 85.8 Å². The number of benzene rings is 2. The zero-order valence-electron chi connectivity index (χ0n) is 52.0. The van der Waals surface area contributed by atoms with E-state index in [1.54, 1.807) is 66.8 Å². The van der Waals surface area contributed by atoms with E-state index in [9.17, 15) is 23.2 Å². The number of hydroxylamine groups is 1. The molecule has 0 aliphatic heterocycles. The molecule has 0 spiro atoms. The number of aromatic nitrogens is 6. The van der Waals surface area contributed by atoms with Crippen LogP contribution in [-0.2, 0) is 23.9 Å². The number of carbonyl (C=O) groups excluding carboxylic acids is 3. The largest absolute Gasteiger partial charge is 0.311 e. The molecule has 8 rings (SSSR count). The predicted octanol–water partition coefficient (Wildman–Crippen LogP) is 16.4. The molecule has 2 N–H and O–H groups in total. The number of ether oxygens (including phenoxy) is 2. The molecular weight excluding hydrogens is 1850 g/mol. The summed E-state index contributed by atoms with van der Waals surface area (Å²) in [6.45, 7) is 8.88. The number of nitrogens with zero attached hydrogens (tertiary/aromatic N) is 9. The van der Waals surface area contributed by atoms with Gasteiger partial charge in [-0.1, -0.05) is 93.1 Å². The van der Waals surface area contributed by atoms with E-state index in [-0.39, 0.29) is 53.5 Å². The van der Waals surface area contributed by atoms with E-state index in [1.807, 2.05) is 116 Å². The summed E-state index contributed by atoms with van der Waals surface area (Å²) in [6.07, 6.45) is 22.9. The van der Waals surface area contributed by atoms with Crippen LogP contribution in [0.2, 0.25) is 0 Å². The fourth-order valence-electron chi connectivity index (χ4n) is 9.32. The summed E-state index contributed by atoms with van der Waals surface area (Å²) in [7, 11) is 0. The molecule has 0 atom stereocenters. The van der Waals surface area contributed by atoms with Gasteiger partial charge in [0.15, 0.2) is 0 Å². The third kappa shape index (κ3) is 31.7. The van der Waals surface area contributed by atoms with Gasteiger partial charge in [-0.05, 0) is 161 Å². The third-order valence-electron chi connectivity index (χ3n) is 13.7. The van der Waals surface area contributed by atoms with Crippen molar-refractivity contribution in [3.63, 3.8) is 0 Å². The van der Waals surface area contributed by atoms with E-state index in [0.29, 0.717) is 69.2 Å². The van der Waals surface area contributed by atoms with Gasteiger partial charge in [-0.3, -0.25) is 19.6 Å². The molecule has 16 nitrogen and oxygen atoms in total. The third-order valence-corrected chi connectivity index (χ3v) is 13.7. The van der Waals surface area contributed by atoms with Crippen LogP contribution in [0, 0.1) is 18.6 Å². The Morgan fingerprint density at radius 2 is 0.783 bits per heavy atom. The molecule has 6 aromatic heterocycles. The van der Waals surface area contributed by atoms with Gasteiger partial charge < -0.3 is 24.2 Å². The minimum Gasteiger partial charge on any atom is -0.311 e. The van der Waals surface area contributed by atoms with Gasteiger partial charge in [0.2, 0.25) is 5.91 Å². The first-order chi connectivity index (χ1) is 44.5. The van der Waals surface area contributed by atoms with Gasteiger partial charge in [0, 0.05) is 124 Å². The number of halogens is 8. The maximum absolute atomic E-state index is 14.3. The van der Waals surface area contributed by atoms with E-state index in [2.05, 4.69) is 127 Å². The molecule has 0 fully saturated rings. The molecule has 6 heterocycles. The Hall–Kier alpha value is -4.65. The second-order valence-electron chi connectivity index (χ2n) is 20.2. The maximum atomic E-state index is 14.3. The normalized spacial score (nSPS) is 10.2. The molecule has 8 aromatic rings. The Morgan fingerprint density at radius 1 is 0.457 bits per heavy atom. The van der Waals surface area contributed by atoms with E-state index in [4.69, 9.17) is 14.7 Å². The number of unbranched alkanes of at least 4 members (excludes halogenated alkanes) is 9. The molecule has 496 valence electrons. The van der Waals surface area contributed by atoms with Crippen molar-refractivity contribution < 1.29 is 51.1 Å². The van der Waals surface area contributed by atoms with Gasteiger partial charge in [-0.15, -0.1) is 24.0 Å². The van der Waals surface area contributed by atoms with E-state index in [1.165, 1.54) is 17.7 Å². The Balaban J connectivity index is 0.000000348. The first-order valence-corrected chi connectivity index (χ1v) is 49.0. The van der Waals surface area contributed by atoms with Crippen LogP contribution in [0.1, 0.15) is 116 Å². The van der Waals surface area contributed by atoms with Crippen LogP contribution in [0.25, 0.3) is 22.3 Å². The van der Waals surface area contributed by atoms with Crippen molar-refractivity contribution in [2.45, 2.75) is 117 Å². The van der Waals surface area contributed by atoms with Gasteiger partial charge in [0.1, 0.15) is 46.5 Å². The molecule has 0 aliphatic carbocycles. The van der Waals surface area contributed by atoms with Crippen molar-refractivity contribution >= 4 is 151 Å². The molecule has 2 aromatic carbocycles. The van der Waals surface area contributed by atoms with Crippen molar-refractivity contribution in [1.82, 2.24) is 35.4 Å².